The number of hydrogen-bond acceptors (Lipinski definition) is 4. The molecule has 0 saturated carbocycles. The van der Waals surface area contributed by atoms with Crippen LogP contribution in [-0.4, -0.2) is 18.0 Å². The van der Waals surface area contributed by atoms with Gasteiger partial charge in [-0.05, 0) is 37.3 Å². The topological polar surface area (TPSA) is 51.0 Å². The highest BCUT2D eigenvalue weighted by Gasteiger charge is 2.08. The van der Waals surface area contributed by atoms with Crippen molar-refractivity contribution < 1.29 is 14.7 Å². The number of hydrogen-bond donors (Lipinski definition) is 1. The maximum Gasteiger partial charge on any atom is 0.161 e. The molecule has 0 heterocycles. The van der Waals surface area contributed by atoms with E-state index in [4.69, 9.17) is 37.9 Å². The smallest absolute Gasteiger partial charge is 0.161 e. The minimum absolute atomic E-state index is 0.295. The lowest BCUT2D eigenvalue weighted by atomic mass is 10.2. The van der Waals surface area contributed by atoms with Crippen molar-refractivity contribution >= 4 is 29.4 Å². The van der Waals surface area contributed by atoms with E-state index < -0.39 is 0 Å². The van der Waals surface area contributed by atoms with Gasteiger partial charge in [0.25, 0.3) is 0 Å². The molecule has 0 aliphatic heterocycles. The molecule has 4 nitrogen and oxygen atoms in total. The fourth-order valence-electron chi connectivity index (χ4n) is 1.85. The largest absolute Gasteiger partial charge is 0.490 e. The number of oxime groups is 1. The lowest BCUT2D eigenvalue weighted by molar-refractivity contribution is 0.269. The summed E-state index contributed by atoms with van der Waals surface area (Å²) in [7, 11) is 0. The molecule has 2 aromatic carbocycles. The van der Waals surface area contributed by atoms with Crippen LogP contribution in [0.5, 0.6) is 11.5 Å². The molecule has 0 bridgehead atoms. The van der Waals surface area contributed by atoms with Gasteiger partial charge in [-0.2, -0.15) is 0 Å². The molecule has 6 heteroatoms. The molecule has 0 saturated heterocycles. The van der Waals surface area contributed by atoms with Gasteiger partial charge >= 0.3 is 0 Å². The second-order valence-electron chi connectivity index (χ2n) is 4.41. The quantitative estimate of drug-likeness (QED) is 0.468. The maximum absolute atomic E-state index is 8.59. The second-order valence-corrected chi connectivity index (χ2v) is 5.25. The van der Waals surface area contributed by atoms with Gasteiger partial charge in [0.15, 0.2) is 11.5 Å². The number of ether oxygens (including phenoxy) is 2. The zero-order valence-electron chi connectivity index (χ0n) is 11.9. The van der Waals surface area contributed by atoms with E-state index in [1.54, 1.807) is 30.3 Å². The van der Waals surface area contributed by atoms with Crippen LogP contribution < -0.4 is 9.47 Å². The summed E-state index contributed by atoms with van der Waals surface area (Å²) < 4.78 is 11.3. The predicted octanol–water partition coefficient (Wildman–Crippen LogP) is 4.78. The molecule has 0 aliphatic rings. The number of halogens is 2. The Kier molecular flexibility index (Phi) is 5.92. The molecule has 0 spiro atoms. The van der Waals surface area contributed by atoms with Crippen LogP contribution in [0.25, 0.3) is 0 Å². The first kappa shape index (κ1) is 16.5. The Morgan fingerprint density at radius 1 is 1.09 bits per heavy atom. The van der Waals surface area contributed by atoms with Crippen LogP contribution in [0.3, 0.4) is 0 Å². The van der Waals surface area contributed by atoms with Gasteiger partial charge in [-0.15, -0.1) is 0 Å². The summed E-state index contributed by atoms with van der Waals surface area (Å²) in [4.78, 5) is 0. The highest BCUT2D eigenvalue weighted by molar-refractivity contribution is 6.35. The van der Waals surface area contributed by atoms with E-state index in [0.29, 0.717) is 40.3 Å². The summed E-state index contributed by atoms with van der Waals surface area (Å²) in [5, 5.41) is 12.7. The number of rotatable bonds is 6. The first-order chi connectivity index (χ1) is 10.6. The molecule has 1 N–H and O–H groups in total. The second kappa shape index (κ2) is 7.92. The normalized spacial score (nSPS) is 10.9. The van der Waals surface area contributed by atoms with Crippen molar-refractivity contribution in [1.29, 1.82) is 0 Å². The van der Waals surface area contributed by atoms with Crippen LogP contribution in [0.15, 0.2) is 41.6 Å². The average molecular weight is 340 g/mol. The third-order valence-corrected chi connectivity index (χ3v) is 3.46. The molecule has 22 heavy (non-hydrogen) atoms. The van der Waals surface area contributed by atoms with Gasteiger partial charge in [-0.1, -0.05) is 34.4 Å². The molecular formula is C16H15Cl2NO3. The summed E-state index contributed by atoms with van der Waals surface area (Å²) in [6.07, 6.45) is 1.32. The molecule has 0 aliphatic carbocycles. The van der Waals surface area contributed by atoms with Crippen molar-refractivity contribution in [3.05, 3.63) is 57.6 Å². The Bertz CT molecular complexity index is 674. The minimum Gasteiger partial charge on any atom is -0.490 e. The Morgan fingerprint density at radius 3 is 2.59 bits per heavy atom. The van der Waals surface area contributed by atoms with Gasteiger partial charge in [-0.25, -0.2) is 0 Å². The first-order valence-corrected chi connectivity index (χ1v) is 7.40. The third-order valence-electron chi connectivity index (χ3n) is 2.87. The van der Waals surface area contributed by atoms with Gasteiger partial charge in [0.05, 0.1) is 12.8 Å². The summed E-state index contributed by atoms with van der Waals surface area (Å²) in [5.41, 5.74) is 1.54. The van der Waals surface area contributed by atoms with Crippen LogP contribution in [0.2, 0.25) is 10.0 Å². The van der Waals surface area contributed by atoms with E-state index in [-0.39, 0.29) is 0 Å². The molecule has 116 valence electrons. The molecule has 0 aromatic heterocycles. The summed E-state index contributed by atoms with van der Waals surface area (Å²) in [6, 6.07) is 10.5. The molecule has 0 unspecified atom stereocenters. The Hall–Kier alpha value is -1.91. The van der Waals surface area contributed by atoms with Crippen molar-refractivity contribution in [3.8, 4) is 11.5 Å². The third kappa shape index (κ3) is 4.29. The van der Waals surface area contributed by atoms with Crippen molar-refractivity contribution in [3.63, 3.8) is 0 Å². The minimum atomic E-state index is 0.295. The number of benzene rings is 2. The van der Waals surface area contributed by atoms with Crippen molar-refractivity contribution in [2.45, 2.75) is 13.5 Å². The zero-order valence-corrected chi connectivity index (χ0v) is 13.4. The van der Waals surface area contributed by atoms with E-state index in [9.17, 15) is 0 Å². The average Bonchev–Trinajstić information content (AvgIpc) is 2.49. The van der Waals surface area contributed by atoms with Gasteiger partial charge in [-0.3, -0.25) is 0 Å². The molecular weight excluding hydrogens is 325 g/mol. The van der Waals surface area contributed by atoms with Gasteiger partial charge in [0.2, 0.25) is 0 Å². The Labute approximate surface area is 138 Å². The Balaban J connectivity index is 2.17. The van der Waals surface area contributed by atoms with Crippen LogP contribution in [0.4, 0.5) is 0 Å². The van der Waals surface area contributed by atoms with Crippen LogP contribution in [0, 0.1) is 0 Å². The van der Waals surface area contributed by atoms with Crippen LogP contribution in [0.1, 0.15) is 18.1 Å². The van der Waals surface area contributed by atoms with E-state index in [0.717, 1.165) is 5.56 Å². The summed E-state index contributed by atoms with van der Waals surface area (Å²) >= 11 is 12.0. The van der Waals surface area contributed by atoms with E-state index in [1.807, 2.05) is 13.0 Å². The molecule has 0 radical (unpaired) electrons. The van der Waals surface area contributed by atoms with Crippen LogP contribution >= 0.6 is 23.2 Å². The van der Waals surface area contributed by atoms with E-state index >= 15 is 0 Å². The number of nitrogens with zero attached hydrogens (tertiary/aromatic N) is 1. The molecule has 0 amide bonds. The monoisotopic (exact) mass is 339 g/mol. The maximum atomic E-state index is 8.59. The fraction of sp³-hybridized carbons (Fsp3) is 0.188. The van der Waals surface area contributed by atoms with Crippen molar-refractivity contribution in [2.75, 3.05) is 6.61 Å². The SMILES string of the molecule is CCOc1cc(C=NO)ccc1OCc1ccc(Cl)cc1Cl. The van der Waals surface area contributed by atoms with E-state index in [2.05, 4.69) is 5.16 Å². The Morgan fingerprint density at radius 2 is 1.91 bits per heavy atom. The van der Waals surface area contributed by atoms with Gasteiger partial charge < -0.3 is 14.7 Å². The van der Waals surface area contributed by atoms with Gasteiger partial charge in [0, 0.05) is 21.2 Å². The van der Waals surface area contributed by atoms with Crippen molar-refractivity contribution in [1.82, 2.24) is 0 Å². The van der Waals surface area contributed by atoms with Crippen molar-refractivity contribution in [2.24, 2.45) is 5.16 Å². The summed E-state index contributed by atoms with van der Waals surface area (Å²) in [6.45, 7) is 2.67. The van der Waals surface area contributed by atoms with Gasteiger partial charge in [0.1, 0.15) is 6.61 Å². The molecule has 2 aromatic rings. The lowest BCUT2D eigenvalue weighted by Gasteiger charge is -2.13. The zero-order chi connectivity index (χ0) is 15.9. The standard InChI is InChI=1S/C16H15Cl2NO3/c1-2-21-16-7-11(9-19-20)3-6-15(16)22-10-12-4-5-13(17)8-14(12)18/h3-9,20H,2,10H2,1H3. The molecule has 0 fully saturated rings. The van der Waals surface area contributed by atoms with Crippen LogP contribution in [-0.2, 0) is 6.61 Å². The first-order valence-electron chi connectivity index (χ1n) is 6.65. The fourth-order valence-corrected chi connectivity index (χ4v) is 2.32. The highest BCUT2D eigenvalue weighted by atomic mass is 35.5. The lowest BCUT2D eigenvalue weighted by Crippen LogP contribution is -2.01. The molecule has 0 atom stereocenters. The highest BCUT2D eigenvalue weighted by Crippen LogP contribution is 2.30. The predicted molar refractivity (Wildman–Crippen MR) is 87.8 cm³/mol. The summed E-state index contributed by atoms with van der Waals surface area (Å²) in [5.74, 6) is 1.16. The molecule has 2 rings (SSSR count). The van der Waals surface area contributed by atoms with E-state index in [1.165, 1.54) is 6.21 Å².